The van der Waals surface area contributed by atoms with Gasteiger partial charge in [-0.3, -0.25) is 9.59 Å². The average Bonchev–Trinajstić information content (AvgIpc) is 3.43. The molecule has 1 aromatic rings. The summed E-state index contributed by atoms with van der Waals surface area (Å²) < 4.78 is 17.4. The number of methoxy groups -OCH3 is 1. The zero-order chi connectivity index (χ0) is 31.9. The van der Waals surface area contributed by atoms with Crippen molar-refractivity contribution >= 4 is 11.8 Å². The van der Waals surface area contributed by atoms with E-state index in [2.05, 4.69) is 12.2 Å². The van der Waals surface area contributed by atoms with E-state index in [4.69, 9.17) is 14.2 Å². The molecule has 0 saturated carbocycles. The molecule has 0 spiro atoms. The van der Waals surface area contributed by atoms with Gasteiger partial charge in [0.05, 0.1) is 32.3 Å². The minimum Gasteiger partial charge on any atom is -0.493 e. The number of carbonyl (C=O) groups excluding carboxylic acids is 2. The largest absolute Gasteiger partial charge is 0.493 e. The summed E-state index contributed by atoms with van der Waals surface area (Å²) in [5.74, 6) is -0.322. The van der Waals surface area contributed by atoms with Crippen LogP contribution in [0, 0.1) is 0 Å². The maximum absolute atomic E-state index is 13.7. The van der Waals surface area contributed by atoms with Crippen LogP contribution in [-0.4, -0.2) is 90.3 Å². The number of hydrogen-bond acceptors (Lipinski definition) is 8. The molecule has 10 heteroatoms. The first-order valence-corrected chi connectivity index (χ1v) is 16.6. The van der Waals surface area contributed by atoms with E-state index in [0.29, 0.717) is 60.8 Å². The van der Waals surface area contributed by atoms with Crippen molar-refractivity contribution in [1.82, 2.24) is 10.2 Å². The van der Waals surface area contributed by atoms with Gasteiger partial charge in [-0.1, -0.05) is 58.3 Å². The summed E-state index contributed by atoms with van der Waals surface area (Å²) in [5.41, 5.74) is 1.57. The molecular weight excluding hydrogens is 564 g/mol. The van der Waals surface area contributed by atoms with E-state index in [1.807, 2.05) is 6.92 Å². The van der Waals surface area contributed by atoms with Gasteiger partial charge in [0, 0.05) is 43.9 Å². The molecule has 4 N–H and O–H groups in total. The Hall–Kier alpha value is -2.66. The van der Waals surface area contributed by atoms with Gasteiger partial charge in [-0.25, -0.2) is 0 Å². The number of carbonyl (C=O) groups is 2. The lowest BCUT2D eigenvalue weighted by Gasteiger charge is -2.41. The third-order valence-corrected chi connectivity index (χ3v) is 8.56. The molecule has 4 atom stereocenters. The molecule has 1 aliphatic carbocycles. The van der Waals surface area contributed by atoms with Gasteiger partial charge in [-0.15, -0.1) is 0 Å². The van der Waals surface area contributed by atoms with Gasteiger partial charge in [0.1, 0.15) is 12.2 Å². The van der Waals surface area contributed by atoms with Gasteiger partial charge in [0.15, 0.2) is 11.5 Å². The lowest BCUT2D eigenvalue weighted by molar-refractivity contribution is -0.137. The fourth-order valence-corrected chi connectivity index (χ4v) is 6.27. The molecule has 0 unspecified atom stereocenters. The molecule has 0 bridgehead atoms. The molecule has 1 heterocycles. The van der Waals surface area contributed by atoms with Crippen LogP contribution in [0.4, 0.5) is 0 Å². The molecule has 248 valence electrons. The van der Waals surface area contributed by atoms with E-state index >= 15 is 0 Å². The normalized spacial score (nSPS) is 20.4. The number of nitrogens with zero attached hydrogens (tertiary/aromatic N) is 1. The number of hydrogen-bond donors (Lipinski definition) is 4. The SMILES string of the molecule is CCCCCCCCCCCC(=O)N(CCCOCC)[C@@H]1C=C(C(=O)NCCO)[C@@H]2c3cc(CO)cc(OC)c3O[C@@H]2[C@H]1O. The topological polar surface area (TPSA) is 138 Å². The Labute approximate surface area is 262 Å². The van der Waals surface area contributed by atoms with E-state index in [9.17, 15) is 24.9 Å². The molecule has 2 amide bonds. The minimum absolute atomic E-state index is 0.0596. The maximum Gasteiger partial charge on any atom is 0.247 e. The quantitative estimate of drug-likeness (QED) is 0.152. The van der Waals surface area contributed by atoms with Gasteiger partial charge in [-0.2, -0.15) is 0 Å². The Morgan fingerprint density at radius 2 is 1.70 bits per heavy atom. The average molecular weight is 619 g/mol. The Morgan fingerprint density at radius 3 is 2.34 bits per heavy atom. The number of aliphatic hydroxyl groups is 3. The first-order chi connectivity index (χ1) is 21.4. The highest BCUT2D eigenvalue weighted by Gasteiger charge is 2.51. The first-order valence-electron chi connectivity index (χ1n) is 16.6. The fraction of sp³-hybridized carbons (Fsp3) is 0.706. The Morgan fingerprint density at radius 1 is 1.00 bits per heavy atom. The number of nitrogens with one attached hydrogen (secondary N) is 1. The summed E-state index contributed by atoms with van der Waals surface area (Å²) in [6.07, 6.45) is 11.0. The van der Waals surface area contributed by atoms with Crippen LogP contribution < -0.4 is 14.8 Å². The van der Waals surface area contributed by atoms with Crippen LogP contribution in [0.2, 0.25) is 0 Å². The highest BCUT2D eigenvalue weighted by molar-refractivity contribution is 5.96. The Kier molecular flexibility index (Phi) is 15.5. The molecule has 1 aliphatic heterocycles. The summed E-state index contributed by atoms with van der Waals surface area (Å²) in [6.45, 7) is 5.15. The predicted molar refractivity (Wildman–Crippen MR) is 169 cm³/mol. The molecule has 0 saturated heterocycles. The van der Waals surface area contributed by atoms with Gasteiger partial charge >= 0.3 is 0 Å². The highest BCUT2D eigenvalue weighted by atomic mass is 16.5. The van der Waals surface area contributed by atoms with E-state index < -0.39 is 30.1 Å². The smallest absolute Gasteiger partial charge is 0.247 e. The molecule has 0 fully saturated rings. The summed E-state index contributed by atoms with van der Waals surface area (Å²) in [7, 11) is 1.50. The molecule has 10 nitrogen and oxygen atoms in total. The minimum atomic E-state index is -1.12. The number of ether oxygens (including phenoxy) is 3. The lowest BCUT2D eigenvalue weighted by atomic mass is 9.77. The third-order valence-electron chi connectivity index (χ3n) is 8.56. The van der Waals surface area contributed by atoms with E-state index in [1.165, 1.54) is 45.6 Å². The second-order valence-corrected chi connectivity index (χ2v) is 11.7. The summed E-state index contributed by atoms with van der Waals surface area (Å²) >= 11 is 0. The molecule has 3 rings (SSSR count). The number of fused-ring (bicyclic) bond motifs is 3. The Balaban J connectivity index is 1.84. The molecule has 0 radical (unpaired) electrons. The summed E-state index contributed by atoms with van der Waals surface area (Å²) in [4.78, 5) is 28.9. The maximum atomic E-state index is 13.7. The van der Waals surface area contributed by atoms with Crippen molar-refractivity contribution in [3.63, 3.8) is 0 Å². The lowest BCUT2D eigenvalue weighted by Crippen LogP contribution is -2.56. The monoisotopic (exact) mass is 618 g/mol. The standard InChI is InChI=1S/C34H54N2O8/c1-4-6-7-8-9-10-11-12-13-15-29(39)36(17-14-19-43-5-2)27-22-26(34(41)35-16-18-37)30-25-20-24(23-38)21-28(42-3)32(25)44-33(30)31(27)40/h20-22,27,30-31,33,37-38,40H,4-19,23H2,1-3H3,(H,35,41)/t27-,30+,31+,33+/m1/s1. The highest BCUT2D eigenvalue weighted by Crippen LogP contribution is 2.51. The molecule has 1 aromatic carbocycles. The van der Waals surface area contributed by atoms with E-state index in [-0.39, 0.29) is 25.7 Å². The number of amides is 2. The van der Waals surface area contributed by atoms with Crippen LogP contribution in [0.1, 0.15) is 102 Å². The van der Waals surface area contributed by atoms with Gasteiger partial charge in [0.25, 0.3) is 0 Å². The van der Waals surface area contributed by atoms with Crippen molar-refractivity contribution in [1.29, 1.82) is 0 Å². The van der Waals surface area contributed by atoms with E-state index in [0.717, 1.165) is 19.3 Å². The van der Waals surface area contributed by atoms with Gasteiger partial charge < -0.3 is 39.7 Å². The summed E-state index contributed by atoms with van der Waals surface area (Å²) in [5, 5.41) is 33.7. The van der Waals surface area contributed by atoms with Crippen molar-refractivity contribution in [2.45, 2.75) is 115 Å². The van der Waals surface area contributed by atoms with Crippen LogP contribution in [0.3, 0.4) is 0 Å². The number of benzene rings is 1. The predicted octanol–water partition coefficient (Wildman–Crippen LogP) is 3.99. The second-order valence-electron chi connectivity index (χ2n) is 11.7. The molecule has 2 aliphatic rings. The number of aliphatic hydroxyl groups excluding tert-OH is 3. The van der Waals surface area contributed by atoms with Gasteiger partial charge in [-0.05, 0) is 43.5 Å². The van der Waals surface area contributed by atoms with Crippen molar-refractivity contribution in [2.24, 2.45) is 0 Å². The molecular formula is C34H54N2O8. The number of unbranched alkanes of at least 4 members (excludes halogenated alkanes) is 8. The Bertz CT molecular complexity index is 1080. The van der Waals surface area contributed by atoms with Gasteiger partial charge in [0.2, 0.25) is 11.8 Å². The zero-order valence-corrected chi connectivity index (χ0v) is 26.9. The van der Waals surface area contributed by atoms with Crippen LogP contribution in [0.5, 0.6) is 11.5 Å². The van der Waals surface area contributed by atoms with Crippen LogP contribution in [0.15, 0.2) is 23.8 Å². The van der Waals surface area contributed by atoms with Crippen LogP contribution in [0.25, 0.3) is 0 Å². The van der Waals surface area contributed by atoms with Crippen molar-refractivity contribution < 1.29 is 39.1 Å². The van der Waals surface area contributed by atoms with Crippen molar-refractivity contribution in [2.75, 3.05) is 40.0 Å². The first kappa shape index (κ1) is 35.8. The number of rotatable bonds is 21. The fourth-order valence-electron chi connectivity index (χ4n) is 6.27. The molecule has 44 heavy (non-hydrogen) atoms. The van der Waals surface area contributed by atoms with E-state index in [1.54, 1.807) is 23.1 Å². The van der Waals surface area contributed by atoms with Crippen molar-refractivity contribution in [3.8, 4) is 11.5 Å². The zero-order valence-electron chi connectivity index (χ0n) is 26.9. The van der Waals surface area contributed by atoms with Crippen LogP contribution in [-0.2, 0) is 20.9 Å². The second kappa shape index (κ2) is 19.0. The third kappa shape index (κ3) is 9.42. The molecule has 0 aromatic heterocycles. The van der Waals surface area contributed by atoms with Crippen molar-refractivity contribution in [3.05, 3.63) is 34.9 Å². The summed E-state index contributed by atoms with van der Waals surface area (Å²) in [6, 6.07) is 2.64. The van der Waals surface area contributed by atoms with Crippen LogP contribution >= 0.6 is 0 Å².